The summed E-state index contributed by atoms with van der Waals surface area (Å²) in [6.07, 6.45) is 6.24. The minimum Gasteiger partial charge on any atom is -0.463 e. The topological polar surface area (TPSA) is 35.5 Å². The first-order valence-corrected chi connectivity index (χ1v) is 7.41. The maximum absolute atomic E-state index is 11.4. The van der Waals surface area contributed by atoms with Crippen LogP contribution < -0.4 is 0 Å². The molecule has 1 aromatic carbocycles. The Kier molecular flexibility index (Phi) is 5.56. The lowest BCUT2D eigenvalue weighted by atomic mass is 9.99. The quantitative estimate of drug-likeness (QED) is 0.619. The fourth-order valence-electron chi connectivity index (χ4n) is 2.01. The smallest absolute Gasteiger partial charge is 0.330 e. The Morgan fingerprint density at radius 1 is 1.50 bits per heavy atom. The van der Waals surface area contributed by atoms with Gasteiger partial charge in [0, 0.05) is 10.5 Å². The van der Waals surface area contributed by atoms with Gasteiger partial charge in [-0.1, -0.05) is 28.1 Å². The summed E-state index contributed by atoms with van der Waals surface area (Å²) in [5, 5.41) is 0. The van der Waals surface area contributed by atoms with E-state index in [1.54, 1.807) is 13.0 Å². The second-order valence-corrected chi connectivity index (χ2v) is 5.23. The molecule has 106 valence electrons. The molecule has 0 N–H and O–H groups in total. The minimum absolute atomic E-state index is 0.324. The maximum Gasteiger partial charge on any atom is 0.330 e. The average Bonchev–Trinajstić information content (AvgIpc) is 2.47. The zero-order valence-electron chi connectivity index (χ0n) is 11.4. The number of hydrogen-bond donors (Lipinski definition) is 0. The van der Waals surface area contributed by atoms with E-state index in [2.05, 4.69) is 34.1 Å². The van der Waals surface area contributed by atoms with Crippen LogP contribution in [0.4, 0.5) is 0 Å². The molecule has 1 aromatic rings. The summed E-state index contributed by atoms with van der Waals surface area (Å²) in [5.74, 6) is -0.324. The van der Waals surface area contributed by atoms with Gasteiger partial charge in [0.05, 0.1) is 19.8 Å². The zero-order chi connectivity index (χ0) is 14.4. The van der Waals surface area contributed by atoms with Crippen molar-refractivity contribution in [3.05, 3.63) is 46.0 Å². The maximum atomic E-state index is 11.4. The third kappa shape index (κ3) is 4.05. The minimum atomic E-state index is -0.324. The lowest BCUT2D eigenvalue weighted by Gasteiger charge is -2.14. The number of benzene rings is 1. The molecule has 0 fully saturated rings. The van der Waals surface area contributed by atoms with E-state index in [-0.39, 0.29) is 5.97 Å². The van der Waals surface area contributed by atoms with Crippen molar-refractivity contribution in [3.63, 3.8) is 0 Å². The Bertz CT molecular complexity index is 547. The van der Waals surface area contributed by atoms with Crippen LogP contribution in [-0.4, -0.2) is 25.8 Å². The molecule has 0 atom stereocenters. The Balaban J connectivity index is 2.20. The van der Waals surface area contributed by atoms with Crippen molar-refractivity contribution < 1.29 is 14.3 Å². The molecule has 4 heteroatoms. The normalized spacial score (nSPS) is 15.2. The molecule has 0 aliphatic carbocycles. The SMILES string of the molecule is CCOC(=O)/C=C/c1cc(C2=CCOCC2)ccc1Br. The van der Waals surface area contributed by atoms with Crippen LogP contribution in [0, 0.1) is 0 Å². The van der Waals surface area contributed by atoms with Crippen LogP contribution in [0.15, 0.2) is 34.8 Å². The average molecular weight is 337 g/mol. The molecule has 0 saturated heterocycles. The van der Waals surface area contributed by atoms with E-state index in [1.807, 2.05) is 6.07 Å². The number of rotatable bonds is 4. The van der Waals surface area contributed by atoms with E-state index in [0.29, 0.717) is 13.2 Å². The van der Waals surface area contributed by atoms with Crippen LogP contribution in [0.5, 0.6) is 0 Å². The number of hydrogen-bond acceptors (Lipinski definition) is 3. The summed E-state index contributed by atoms with van der Waals surface area (Å²) in [5.41, 5.74) is 3.41. The van der Waals surface area contributed by atoms with Crippen LogP contribution >= 0.6 is 15.9 Å². The molecule has 2 rings (SSSR count). The van der Waals surface area contributed by atoms with Gasteiger partial charge in [0.2, 0.25) is 0 Å². The second-order valence-electron chi connectivity index (χ2n) is 4.38. The molecule has 1 aliphatic rings. The summed E-state index contributed by atoms with van der Waals surface area (Å²) < 4.78 is 11.2. The molecule has 20 heavy (non-hydrogen) atoms. The second kappa shape index (κ2) is 7.41. The zero-order valence-corrected chi connectivity index (χ0v) is 13.0. The van der Waals surface area contributed by atoms with Crippen LogP contribution in [0.1, 0.15) is 24.5 Å². The van der Waals surface area contributed by atoms with Crippen molar-refractivity contribution in [1.29, 1.82) is 0 Å². The number of esters is 1. The lowest BCUT2D eigenvalue weighted by Crippen LogP contribution is -2.03. The molecule has 0 bridgehead atoms. The highest BCUT2D eigenvalue weighted by molar-refractivity contribution is 9.10. The van der Waals surface area contributed by atoms with Crippen LogP contribution in [0.25, 0.3) is 11.6 Å². The van der Waals surface area contributed by atoms with Gasteiger partial charge in [0.25, 0.3) is 0 Å². The van der Waals surface area contributed by atoms with Crippen molar-refractivity contribution in [3.8, 4) is 0 Å². The van der Waals surface area contributed by atoms with E-state index < -0.39 is 0 Å². The Morgan fingerprint density at radius 3 is 3.05 bits per heavy atom. The summed E-state index contributed by atoms with van der Waals surface area (Å²) in [6.45, 7) is 3.60. The Hall–Kier alpha value is -1.39. The van der Waals surface area contributed by atoms with E-state index in [1.165, 1.54) is 17.2 Å². The fourth-order valence-corrected chi connectivity index (χ4v) is 2.39. The summed E-state index contributed by atoms with van der Waals surface area (Å²) in [6, 6.07) is 6.14. The van der Waals surface area contributed by atoms with E-state index in [0.717, 1.165) is 23.1 Å². The lowest BCUT2D eigenvalue weighted by molar-refractivity contribution is -0.137. The van der Waals surface area contributed by atoms with Gasteiger partial charge >= 0.3 is 5.97 Å². The van der Waals surface area contributed by atoms with Crippen molar-refractivity contribution in [2.24, 2.45) is 0 Å². The van der Waals surface area contributed by atoms with E-state index in [9.17, 15) is 4.79 Å². The van der Waals surface area contributed by atoms with E-state index in [4.69, 9.17) is 9.47 Å². The molecule has 0 spiro atoms. The molecule has 0 amide bonds. The van der Waals surface area contributed by atoms with Gasteiger partial charge in [0.1, 0.15) is 0 Å². The predicted octanol–water partition coefficient (Wildman–Crippen LogP) is 3.83. The molecule has 0 radical (unpaired) electrons. The molecule has 3 nitrogen and oxygen atoms in total. The third-order valence-corrected chi connectivity index (χ3v) is 3.74. The molecule has 1 heterocycles. The van der Waals surface area contributed by atoms with Crippen molar-refractivity contribution in [2.75, 3.05) is 19.8 Å². The van der Waals surface area contributed by atoms with Gasteiger partial charge in [-0.15, -0.1) is 0 Å². The predicted molar refractivity (Wildman–Crippen MR) is 83.2 cm³/mol. The number of halogens is 1. The highest BCUT2D eigenvalue weighted by Crippen LogP contribution is 2.26. The monoisotopic (exact) mass is 336 g/mol. The molecule has 0 unspecified atom stereocenters. The van der Waals surface area contributed by atoms with Gasteiger partial charge in [-0.2, -0.15) is 0 Å². The molecule has 1 aliphatic heterocycles. The number of carbonyl (C=O) groups excluding carboxylic acids is 1. The van der Waals surface area contributed by atoms with Crippen molar-refractivity contribution in [1.82, 2.24) is 0 Å². The Labute approximate surface area is 127 Å². The fraction of sp³-hybridized carbons (Fsp3) is 0.312. The van der Waals surface area contributed by atoms with E-state index >= 15 is 0 Å². The third-order valence-electron chi connectivity index (χ3n) is 3.02. The highest BCUT2D eigenvalue weighted by atomic mass is 79.9. The molecular weight excluding hydrogens is 320 g/mol. The number of carbonyl (C=O) groups is 1. The van der Waals surface area contributed by atoms with Crippen LogP contribution in [0.2, 0.25) is 0 Å². The van der Waals surface area contributed by atoms with Gasteiger partial charge in [-0.3, -0.25) is 0 Å². The van der Waals surface area contributed by atoms with Gasteiger partial charge in [-0.25, -0.2) is 4.79 Å². The first-order chi connectivity index (χ1) is 9.70. The summed E-state index contributed by atoms with van der Waals surface area (Å²) >= 11 is 3.50. The molecule has 0 aromatic heterocycles. The van der Waals surface area contributed by atoms with Gasteiger partial charge in [-0.05, 0) is 48.3 Å². The van der Waals surface area contributed by atoms with Gasteiger partial charge < -0.3 is 9.47 Å². The van der Waals surface area contributed by atoms with Crippen LogP contribution in [0.3, 0.4) is 0 Å². The van der Waals surface area contributed by atoms with Crippen LogP contribution in [-0.2, 0) is 14.3 Å². The largest absolute Gasteiger partial charge is 0.463 e. The Morgan fingerprint density at radius 2 is 2.35 bits per heavy atom. The summed E-state index contributed by atoms with van der Waals surface area (Å²) in [7, 11) is 0. The number of ether oxygens (including phenoxy) is 2. The highest BCUT2D eigenvalue weighted by Gasteiger charge is 2.08. The van der Waals surface area contributed by atoms with Crippen molar-refractivity contribution in [2.45, 2.75) is 13.3 Å². The first-order valence-electron chi connectivity index (χ1n) is 6.62. The molecular formula is C16H17BrO3. The first kappa shape index (κ1) is 15.0. The molecule has 0 saturated carbocycles. The van der Waals surface area contributed by atoms with Crippen molar-refractivity contribution >= 4 is 33.5 Å². The standard InChI is InChI=1S/C16H17BrO3/c1-2-20-16(18)6-4-14-11-13(3-5-15(14)17)12-7-9-19-10-8-12/h3-7,11H,2,8-10H2,1H3/b6-4+. The summed E-state index contributed by atoms with van der Waals surface area (Å²) in [4.78, 5) is 11.4. The van der Waals surface area contributed by atoms with Gasteiger partial charge in [0.15, 0.2) is 0 Å².